The Morgan fingerprint density at radius 1 is 0.695 bits per heavy atom. The topological polar surface area (TPSA) is 19.0 Å². The van der Waals surface area contributed by atoms with Crippen molar-refractivity contribution in [3.05, 3.63) is 220 Å². The van der Waals surface area contributed by atoms with E-state index in [-0.39, 0.29) is 0 Å². The summed E-state index contributed by atoms with van der Waals surface area (Å²) in [6.45, 7) is 2.30. The molecule has 0 fully saturated rings. The average Bonchev–Trinajstić information content (AvgIpc) is 3.83. The predicted molar refractivity (Wildman–Crippen MR) is 257 cm³/mol. The third kappa shape index (κ3) is 6.56. The Hall–Kier alpha value is -5.94. The molecule has 286 valence electrons. The van der Waals surface area contributed by atoms with E-state index < -0.39 is 0 Å². The second kappa shape index (κ2) is 15.0. The van der Waals surface area contributed by atoms with E-state index in [1.165, 1.54) is 81.6 Å². The molecular formula is C55H43BrN2S. The molecule has 3 atom stereocenters. The second-order valence-electron chi connectivity index (χ2n) is 16.2. The number of hydrogen-bond acceptors (Lipinski definition) is 2. The van der Waals surface area contributed by atoms with E-state index in [9.17, 15) is 0 Å². The number of hydrogen-bond donors (Lipinski definition) is 1. The first-order chi connectivity index (χ1) is 29.1. The Kier molecular flexibility index (Phi) is 9.21. The van der Waals surface area contributed by atoms with Crippen molar-refractivity contribution in [1.29, 1.82) is 0 Å². The molecule has 0 saturated heterocycles. The third-order valence-corrected chi connectivity index (χ3v) is 14.6. The molecule has 0 radical (unpaired) electrons. The van der Waals surface area contributed by atoms with Crippen LogP contribution in [0.15, 0.2) is 204 Å². The SMILES string of the molecule is CC1C=CC(c2[nH]c3ccc(-c4ccc(C5=CCCC(N(C6=CCC(c7ccccc7)C=C6)c6ccc7c(c6)sc6ccccc67)=C5)cc4)cc3c2Br)=C2C=CC=CC21. The molecule has 2 heterocycles. The van der Waals surface area contributed by atoms with E-state index in [4.69, 9.17) is 0 Å². The summed E-state index contributed by atoms with van der Waals surface area (Å²) in [7, 11) is 0. The van der Waals surface area contributed by atoms with Crippen LogP contribution in [0.5, 0.6) is 0 Å². The number of fused-ring (bicyclic) bond motifs is 5. The van der Waals surface area contributed by atoms with Gasteiger partial charge in [-0.05, 0) is 117 Å². The normalized spacial score (nSPS) is 20.0. The molecule has 4 heteroatoms. The summed E-state index contributed by atoms with van der Waals surface area (Å²) in [4.78, 5) is 6.26. The molecule has 2 aromatic heterocycles. The molecule has 59 heavy (non-hydrogen) atoms. The van der Waals surface area contributed by atoms with Gasteiger partial charge in [0, 0.05) is 65.6 Å². The molecule has 2 nitrogen and oxygen atoms in total. The van der Waals surface area contributed by atoms with Crippen LogP contribution < -0.4 is 4.90 Å². The average molecular weight is 844 g/mol. The van der Waals surface area contributed by atoms with E-state index >= 15 is 0 Å². The van der Waals surface area contributed by atoms with E-state index in [0.717, 1.165) is 34.9 Å². The lowest BCUT2D eigenvalue weighted by atomic mass is 9.77. The number of allylic oxidation sites excluding steroid dienone is 15. The van der Waals surface area contributed by atoms with Crippen molar-refractivity contribution in [2.24, 2.45) is 11.8 Å². The maximum Gasteiger partial charge on any atom is 0.0612 e. The number of nitrogens with one attached hydrogen (secondary N) is 1. The van der Waals surface area contributed by atoms with Crippen molar-refractivity contribution >= 4 is 75.2 Å². The highest BCUT2D eigenvalue weighted by Crippen LogP contribution is 2.44. The highest BCUT2D eigenvalue weighted by atomic mass is 79.9. The Morgan fingerprint density at radius 3 is 2.37 bits per heavy atom. The van der Waals surface area contributed by atoms with E-state index in [1.54, 1.807) is 0 Å². The van der Waals surface area contributed by atoms with Crippen LogP contribution in [0.3, 0.4) is 0 Å². The van der Waals surface area contributed by atoms with Gasteiger partial charge in [-0.15, -0.1) is 11.3 Å². The zero-order valence-corrected chi connectivity index (χ0v) is 35.3. The van der Waals surface area contributed by atoms with Crippen LogP contribution in [0.4, 0.5) is 5.69 Å². The second-order valence-corrected chi connectivity index (χ2v) is 18.1. The third-order valence-electron chi connectivity index (χ3n) is 12.6. The first-order valence-electron chi connectivity index (χ1n) is 20.8. The van der Waals surface area contributed by atoms with Crippen molar-refractivity contribution < 1.29 is 0 Å². The molecule has 4 aliphatic rings. The molecule has 0 bridgehead atoms. The standard InChI is InChI=1S/C55H43BrN2S/c1-35-18-29-49(46-15-6-5-14-45(35)46)55-54(56)50-33-41(25-31-51(50)57-55)39-21-19-38(20-22-39)40-12-9-13-43(32-40)58(42-26-23-37(24-27-42)36-10-3-2-4-11-36)44-28-30-48-47-16-7-8-17-52(47)59-53(48)34-44/h2-8,10-12,14-23,25-35,37,45,57H,9,13,24H2,1H3. The summed E-state index contributed by atoms with van der Waals surface area (Å²) >= 11 is 5.90. The van der Waals surface area contributed by atoms with Gasteiger partial charge in [-0.2, -0.15) is 0 Å². The van der Waals surface area contributed by atoms with Crippen LogP contribution in [0.1, 0.15) is 48.9 Å². The van der Waals surface area contributed by atoms with Crippen molar-refractivity contribution in [3.63, 3.8) is 0 Å². The first kappa shape index (κ1) is 36.2. The molecule has 4 aliphatic carbocycles. The number of benzene rings is 5. The predicted octanol–water partition coefficient (Wildman–Crippen LogP) is 15.9. The number of H-pyrrole nitrogens is 1. The quantitative estimate of drug-likeness (QED) is 0.169. The highest BCUT2D eigenvalue weighted by molar-refractivity contribution is 9.10. The van der Waals surface area contributed by atoms with Gasteiger partial charge in [-0.1, -0.05) is 147 Å². The monoisotopic (exact) mass is 842 g/mol. The van der Waals surface area contributed by atoms with E-state index in [1.807, 2.05) is 11.3 Å². The lowest BCUT2D eigenvalue weighted by Gasteiger charge is -2.32. The van der Waals surface area contributed by atoms with Crippen molar-refractivity contribution in [1.82, 2.24) is 4.98 Å². The molecule has 0 aliphatic heterocycles. The van der Waals surface area contributed by atoms with Crippen LogP contribution in [0.2, 0.25) is 0 Å². The maximum absolute atomic E-state index is 4.02. The summed E-state index contributed by atoms with van der Waals surface area (Å²) in [5.41, 5.74) is 15.0. The van der Waals surface area contributed by atoms with Crippen LogP contribution in [0, 0.1) is 11.8 Å². The van der Waals surface area contributed by atoms with Crippen LogP contribution >= 0.6 is 27.3 Å². The van der Waals surface area contributed by atoms with Crippen molar-refractivity contribution in [2.45, 2.75) is 32.1 Å². The fourth-order valence-electron chi connectivity index (χ4n) is 9.48. The van der Waals surface area contributed by atoms with Gasteiger partial charge < -0.3 is 9.88 Å². The summed E-state index contributed by atoms with van der Waals surface area (Å²) in [5.74, 6) is 1.28. The number of halogens is 1. The van der Waals surface area contributed by atoms with Gasteiger partial charge >= 0.3 is 0 Å². The molecule has 7 aromatic rings. The van der Waals surface area contributed by atoms with Gasteiger partial charge in [0.2, 0.25) is 0 Å². The number of thiophene rings is 1. The zero-order valence-electron chi connectivity index (χ0n) is 32.9. The maximum atomic E-state index is 4.02. The van der Waals surface area contributed by atoms with Crippen LogP contribution in [-0.4, -0.2) is 4.98 Å². The number of anilines is 1. The van der Waals surface area contributed by atoms with Gasteiger partial charge in [0.05, 0.1) is 10.2 Å². The summed E-state index contributed by atoms with van der Waals surface area (Å²) in [6, 6.07) is 42.6. The first-order valence-corrected chi connectivity index (χ1v) is 22.4. The highest BCUT2D eigenvalue weighted by Gasteiger charge is 2.27. The number of rotatable bonds is 7. The minimum absolute atomic E-state index is 0.387. The smallest absolute Gasteiger partial charge is 0.0612 e. The summed E-state index contributed by atoms with van der Waals surface area (Å²) in [5, 5.41) is 3.86. The Bertz CT molecular complexity index is 3050. The molecule has 1 N–H and O–H groups in total. The minimum atomic E-state index is 0.387. The van der Waals surface area contributed by atoms with E-state index in [2.05, 4.69) is 215 Å². The van der Waals surface area contributed by atoms with Crippen LogP contribution in [0.25, 0.3) is 53.3 Å². The number of aromatic amines is 1. The van der Waals surface area contributed by atoms with Crippen molar-refractivity contribution in [3.8, 4) is 11.1 Å². The number of aromatic nitrogens is 1. The molecule has 0 saturated carbocycles. The molecular weight excluding hydrogens is 801 g/mol. The number of nitrogens with zero attached hydrogens (tertiary/aromatic N) is 1. The van der Waals surface area contributed by atoms with Gasteiger partial charge in [0.1, 0.15) is 0 Å². The Morgan fingerprint density at radius 2 is 1.51 bits per heavy atom. The lowest BCUT2D eigenvalue weighted by molar-refractivity contribution is 0.585. The molecule has 5 aromatic carbocycles. The van der Waals surface area contributed by atoms with Crippen molar-refractivity contribution in [2.75, 3.05) is 4.90 Å². The molecule has 3 unspecified atom stereocenters. The minimum Gasteiger partial charge on any atom is -0.354 e. The summed E-state index contributed by atoms with van der Waals surface area (Å²) < 4.78 is 3.78. The van der Waals surface area contributed by atoms with Gasteiger partial charge in [-0.3, -0.25) is 0 Å². The van der Waals surface area contributed by atoms with Gasteiger partial charge in [0.25, 0.3) is 0 Å². The van der Waals surface area contributed by atoms with Gasteiger partial charge in [-0.25, -0.2) is 0 Å². The van der Waals surface area contributed by atoms with E-state index in [0.29, 0.717) is 17.8 Å². The lowest BCUT2D eigenvalue weighted by Crippen LogP contribution is -2.23. The molecule has 11 rings (SSSR count). The van der Waals surface area contributed by atoms with Gasteiger partial charge in [0.15, 0.2) is 0 Å². The van der Waals surface area contributed by atoms with Crippen LogP contribution in [-0.2, 0) is 0 Å². The Labute approximate surface area is 358 Å². The summed E-state index contributed by atoms with van der Waals surface area (Å²) in [6.07, 6.45) is 28.5. The molecule has 0 amide bonds. The molecule has 0 spiro atoms. The zero-order chi connectivity index (χ0) is 39.5. The Balaban J connectivity index is 0.907. The fraction of sp³-hybridized carbons (Fsp3) is 0.127. The fourth-order valence-corrected chi connectivity index (χ4v) is 11.3. The largest absolute Gasteiger partial charge is 0.354 e.